The number of aromatic nitrogens is 1. The molecule has 0 aliphatic rings. The average Bonchev–Trinajstić information content (AvgIpc) is 2.85. The van der Waals surface area contributed by atoms with E-state index in [4.69, 9.17) is 23.2 Å². The maximum Gasteiger partial charge on any atom is 0.259 e. The van der Waals surface area contributed by atoms with Gasteiger partial charge in [0.1, 0.15) is 0 Å². The van der Waals surface area contributed by atoms with Crippen LogP contribution < -0.4 is 5.32 Å². The molecule has 1 N–H and O–H groups in total. The number of para-hydroxylation sites is 1. The normalized spacial score (nSPS) is 10.8. The third-order valence-electron chi connectivity index (χ3n) is 3.04. The molecule has 21 heavy (non-hydrogen) atoms. The molecular formula is C15H10Cl2N2OS. The highest BCUT2D eigenvalue weighted by Gasteiger charge is 2.15. The van der Waals surface area contributed by atoms with Crippen LogP contribution in [0.4, 0.5) is 5.13 Å². The highest BCUT2D eigenvalue weighted by Crippen LogP contribution is 2.30. The number of fused-ring (bicyclic) bond motifs is 1. The molecule has 0 saturated carbocycles. The number of aryl methyl sites for hydroxylation is 1. The van der Waals surface area contributed by atoms with Crippen LogP contribution in [0.3, 0.4) is 0 Å². The third-order valence-corrected chi connectivity index (χ3v) is 4.79. The van der Waals surface area contributed by atoms with E-state index in [1.807, 2.05) is 25.1 Å². The number of carbonyl (C=O) groups is 1. The molecule has 0 radical (unpaired) electrons. The molecular weight excluding hydrogens is 327 g/mol. The summed E-state index contributed by atoms with van der Waals surface area (Å²) < 4.78 is 1.03. The molecule has 2 aromatic carbocycles. The van der Waals surface area contributed by atoms with Crippen molar-refractivity contribution in [1.29, 1.82) is 0 Å². The summed E-state index contributed by atoms with van der Waals surface area (Å²) in [4.78, 5) is 16.7. The van der Waals surface area contributed by atoms with E-state index in [-0.39, 0.29) is 10.9 Å². The average molecular weight is 337 g/mol. The molecule has 106 valence electrons. The van der Waals surface area contributed by atoms with Crippen molar-refractivity contribution in [2.45, 2.75) is 6.92 Å². The zero-order valence-corrected chi connectivity index (χ0v) is 13.3. The van der Waals surface area contributed by atoms with Gasteiger partial charge in [0.25, 0.3) is 5.91 Å². The molecule has 6 heteroatoms. The van der Waals surface area contributed by atoms with Crippen LogP contribution in [-0.2, 0) is 0 Å². The number of carbonyl (C=O) groups excluding carboxylic acids is 1. The van der Waals surface area contributed by atoms with Crippen molar-refractivity contribution in [3.05, 3.63) is 57.6 Å². The number of nitrogens with zero attached hydrogens (tertiary/aromatic N) is 1. The van der Waals surface area contributed by atoms with Gasteiger partial charge >= 0.3 is 0 Å². The van der Waals surface area contributed by atoms with Crippen molar-refractivity contribution in [1.82, 2.24) is 4.98 Å². The van der Waals surface area contributed by atoms with Gasteiger partial charge in [0.15, 0.2) is 5.13 Å². The highest BCUT2D eigenvalue weighted by molar-refractivity contribution is 7.22. The van der Waals surface area contributed by atoms with Gasteiger partial charge in [-0.2, -0.15) is 0 Å². The molecule has 1 amide bonds. The molecule has 0 fully saturated rings. The number of anilines is 1. The van der Waals surface area contributed by atoms with E-state index in [2.05, 4.69) is 10.3 Å². The SMILES string of the molecule is Cc1cccc2sc(NC(=O)c3cccc(Cl)c3Cl)nc12. The summed E-state index contributed by atoms with van der Waals surface area (Å²) >= 11 is 13.4. The number of hydrogen-bond donors (Lipinski definition) is 1. The van der Waals surface area contributed by atoms with Crippen LogP contribution in [0.2, 0.25) is 10.0 Å². The number of nitrogens with one attached hydrogen (secondary N) is 1. The van der Waals surface area contributed by atoms with Crippen molar-refractivity contribution in [2.75, 3.05) is 5.32 Å². The lowest BCUT2D eigenvalue weighted by atomic mass is 10.2. The minimum absolute atomic E-state index is 0.244. The maximum atomic E-state index is 12.3. The number of rotatable bonds is 2. The number of halogens is 2. The number of benzene rings is 2. The monoisotopic (exact) mass is 336 g/mol. The van der Waals surface area contributed by atoms with Gasteiger partial charge in [-0.15, -0.1) is 0 Å². The molecule has 0 aliphatic carbocycles. The topological polar surface area (TPSA) is 42.0 Å². The van der Waals surface area contributed by atoms with E-state index in [0.29, 0.717) is 15.7 Å². The predicted octanol–water partition coefficient (Wildman–Crippen LogP) is 5.16. The summed E-state index contributed by atoms with van der Waals surface area (Å²) in [6.07, 6.45) is 0. The fourth-order valence-electron chi connectivity index (χ4n) is 1.98. The number of amides is 1. The Morgan fingerprint density at radius 3 is 2.71 bits per heavy atom. The molecule has 0 atom stereocenters. The molecule has 3 aromatic rings. The smallest absolute Gasteiger partial charge is 0.259 e. The van der Waals surface area contributed by atoms with Gasteiger partial charge in [0, 0.05) is 0 Å². The highest BCUT2D eigenvalue weighted by atomic mass is 35.5. The standard InChI is InChI=1S/C15H10Cl2N2OS/c1-8-4-2-7-11-13(8)18-15(21-11)19-14(20)9-5-3-6-10(16)12(9)17/h2-7H,1H3,(H,18,19,20). The van der Waals surface area contributed by atoms with Crippen LogP contribution in [0.1, 0.15) is 15.9 Å². The van der Waals surface area contributed by atoms with Crippen molar-refractivity contribution in [2.24, 2.45) is 0 Å². The molecule has 0 bridgehead atoms. The van der Waals surface area contributed by atoms with E-state index in [1.165, 1.54) is 11.3 Å². The Hall–Kier alpha value is -1.62. The van der Waals surface area contributed by atoms with E-state index in [0.717, 1.165) is 15.8 Å². The van der Waals surface area contributed by atoms with E-state index in [1.54, 1.807) is 18.2 Å². The molecule has 3 rings (SSSR count). The summed E-state index contributed by atoms with van der Waals surface area (Å²) in [5.41, 5.74) is 2.31. The lowest BCUT2D eigenvalue weighted by Gasteiger charge is -2.04. The molecule has 1 aromatic heterocycles. The van der Waals surface area contributed by atoms with Gasteiger partial charge in [0.2, 0.25) is 0 Å². The Balaban J connectivity index is 1.93. The lowest BCUT2D eigenvalue weighted by molar-refractivity contribution is 0.102. The van der Waals surface area contributed by atoms with Gasteiger partial charge in [-0.25, -0.2) is 4.98 Å². The van der Waals surface area contributed by atoms with Crippen LogP contribution in [0.25, 0.3) is 10.2 Å². The zero-order chi connectivity index (χ0) is 15.0. The molecule has 0 aliphatic heterocycles. The second-order valence-corrected chi connectivity index (χ2v) is 6.31. The van der Waals surface area contributed by atoms with Crippen LogP contribution >= 0.6 is 34.5 Å². The first-order chi connectivity index (χ1) is 10.1. The third kappa shape index (κ3) is 2.75. The summed E-state index contributed by atoms with van der Waals surface area (Å²) in [5.74, 6) is -0.320. The maximum absolute atomic E-state index is 12.3. The van der Waals surface area contributed by atoms with Crippen LogP contribution in [0.5, 0.6) is 0 Å². The van der Waals surface area contributed by atoms with Crippen molar-refractivity contribution in [3.63, 3.8) is 0 Å². The second kappa shape index (κ2) is 5.64. The largest absolute Gasteiger partial charge is 0.298 e. The lowest BCUT2D eigenvalue weighted by Crippen LogP contribution is -2.12. The second-order valence-electron chi connectivity index (χ2n) is 4.50. The molecule has 0 saturated heterocycles. The van der Waals surface area contributed by atoms with E-state index < -0.39 is 0 Å². The molecule has 0 spiro atoms. The van der Waals surface area contributed by atoms with E-state index in [9.17, 15) is 4.79 Å². The quantitative estimate of drug-likeness (QED) is 0.701. The Bertz CT molecular complexity index is 845. The van der Waals surface area contributed by atoms with Gasteiger partial charge in [-0.3, -0.25) is 10.1 Å². The summed E-state index contributed by atoms with van der Waals surface area (Å²) in [6.45, 7) is 1.99. The van der Waals surface area contributed by atoms with Gasteiger partial charge in [-0.1, -0.05) is 52.7 Å². The summed E-state index contributed by atoms with van der Waals surface area (Å²) in [5, 5.41) is 3.91. The minimum atomic E-state index is -0.320. The molecule has 3 nitrogen and oxygen atoms in total. The molecule has 0 unspecified atom stereocenters. The van der Waals surface area contributed by atoms with Gasteiger partial charge in [-0.05, 0) is 30.7 Å². The Morgan fingerprint density at radius 2 is 1.95 bits per heavy atom. The Labute approximate surface area is 135 Å². The van der Waals surface area contributed by atoms with Crippen molar-refractivity contribution >= 4 is 55.8 Å². The molecule has 1 heterocycles. The first kappa shape index (κ1) is 14.3. The summed E-state index contributed by atoms with van der Waals surface area (Å²) in [7, 11) is 0. The Morgan fingerprint density at radius 1 is 1.19 bits per heavy atom. The summed E-state index contributed by atoms with van der Waals surface area (Å²) in [6, 6.07) is 10.9. The van der Waals surface area contributed by atoms with Crippen LogP contribution in [0, 0.1) is 6.92 Å². The van der Waals surface area contributed by atoms with Crippen LogP contribution in [-0.4, -0.2) is 10.9 Å². The van der Waals surface area contributed by atoms with Gasteiger partial charge in [0.05, 0.1) is 25.8 Å². The van der Waals surface area contributed by atoms with Crippen molar-refractivity contribution in [3.8, 4) is 0 Å². The van der Waals surface area contributed by atoms with E-state index >= 15 is 0 Å². The fraction of sp³-hybridized carbons (Fsp3) is 0.0667. The van der Waals surface area contributed by atoms with Crippen molar-refractivity contribution < 1.29 is 4.79 Å². The first-order valence-electron chi connectivity index (χ1n) is 6.18. The number of thiazole rings is 1. The minimum Gasteiger partial charge on any atom is -0.298 e. The van der Waals surface area contributed by atoms with Gasteiger partial charge < -0.3 is 0 Å². The zero-order valence-electron chi connectivity index (χ0n) is 11.0. The Kier molecular flexibility index (Phi) is 3.85. The predicted molar refractivity (Wildman–Crippen MR) is 88.8 cm³/mol. The first-order valence-corrected chi connectivity index (χ1v) is 7.75. The van der Waals surface area contributed by atoms with Crippen LogP contribution in [0.15, 0.2) is 36.4 Å². The fourth-order valence-corrected chi connectivity index (χ4v) is 3.31. The number of hydrogen-bond acceptors (Lipinski definition) is 3.